The van der Waals surface area contributed by atoms with Crippen LogP contribution in [0.25, 0.3) is 0 Å². The molecule has 0 saturated heterocycles. The van der Waals surface area contributed by atoms with Gasteiger partial charge in [0.15, 0.2) is 0 Å². The number of carbonyl (C=O) groups excluding carboxylic acids is 2. The molecule has 2 N–H and O–H groups in total. The molecular weight excluding hydrogens is 506 g/mol. The summed E-state index contributed by atoms with van der Waals surface area (Å²) in [6, 6.07) is 13.2. The fraction of sp³-hybridized carbons (Fsp3) is 0.280. The number of nitrogens with zero attached hydrogens (tertiary/aromatic N) is 1. The quantitative estimate of drug-likeness (QED) is 0.491. The molecule has 35 heavy (non-hydrogen) atoms. The van der Waals surface area contributed by atoms with Crippen molar-refractivity contribution in [2.75, 3.05) is 10.8 Å². The van der Waals surface area contributed by atoms with Gasteiger partial charge in [-0.05, 0) is 73.1 Å². The molecular formula is C25H24ClN3O4S2. The van der Waals surface area contributed by atoms with Gasteiger partial charge >= 0.3 is 0 Å². The average Bonchev–Trinajstić information content (AvgIpc) is 3.47. The molecule has 2 aliphatic rings. The standard InChI is InChI=1S/C25H24ClN3O4S2/c1-15-6-9-21-18(12-15)13-22(34-21)25(31)28-27-24(30)17-7-8-19(26)23(14-17)35(32,33)29-11-10-16-4-2-3-5-20(16)29/h2-5,7-8,13-15H,6,9-12H2,1H3,(H,27,30)(H,28,31). The number of thiophene rings is 1. The molecule has 0 radical (unpaired) electrons. The summed E-state index contributed by atoms with van der Waals surface area (Å²) in [4.78, 5) is 27.0. The van der Waals surface area contributed by atoms with Gasteiger partial charge in [-0.2, -0.15) is 0 Å². The number of aryl methyl sites for hydroxylation is 1. The minimum Gasteiger partial charge on any atom is -0.267 e. The van der Waals surface area contributed by atoms with E-state index in [-0.39, 0.29) is 15.5 Å². The van der Waals surface area contributed by atoms with Crippen molar-refractivity contribution in [3.05, 3.63) is 80.0 Å². The maximum atomic E-state index is 13.4. The Labute approximate surface area is 213 Å². The zero-order valence-electron chi connectivity index (χ0n) is 19.0. The Balaban J connectivity index is 1.32. The molecule has 1 aliphatic carbocycles. The number of sulfonamides is 1. The maximum Gasteiger partial charge on any atom is 0.279 e. The highest BCUT2D eigenvalue weighted by Gasteiger charge is 2.32. The summed E-state index contributed by atoms with van der Waals surface area (Å²) in [6.07, 6.45) is 3.62. The van der Waals surface area contributed by atoms with Gasteiger partial charge in [-0.3, -0.25) is 24.7 Å². The van der Waals surface area contributed by atoms with Crippen LogP contribution in [0, 0.1) is 5.92 Å². The van der Waals surface area contributed by atoms with Gasteiger partial charge in [-0.25, -0.2) is 8.42 Å². The number of halogens is 1. The number of nitrogens with one attached hydrogen (secondary N) is 2. The number of amides is 2. The zero-order valence-corrected chi connectivity index (χ0v) is 21.4. The molecule has 1 aliphatic heterocycles. The summed E-state index contributed by atoms with van der Waals surface area (Å²) in [5, 5.41) is 0.0216. The molecule has 2 aromatic carbocycles. The molecule has 0 spiro atoms. The molecule has 0 fully saturated rings. The van der Waals surface area contributed by atoms with Crippen LogP contribution >= 0.6 is 22.9 Å². The number of hydrogen-bond donors (Lipinski definition) is 2. The third-order valence-corrected chi connectivity index (χ3v) is 9.98. The molecule has 182 valence electrons. The molecule has 7 nitrogen and oxygen atoms in total. The van der Waals surface area contributed by atoms with Crippen LogP contribution in [0.15, 0.2) is 53.4 Å². The minimum absolute atomic E-state index is 0.0216. The lowest BCUT2D eigenvalue weighted by molar-refractivity contribution is 0.0848. The van der Waals surface area contributed by atoms with Crippen LogP contribution in [0.3, 0.4) is 0 Å². The Hall–Kier alpha value is -2.88. The molecule has 2 heterocycles. The smallest absolute Gasteiger partial charge is 0.267 e. The molecule has 1 atom stereocenters. The Morgan fingerprint density at radius 3 is 2.63 bits per heavy atom. The molecule has 1 unspecified atom stereocenters. The van der Waals surface area contributed by atoms with Crippen LogP contribution in [0.4, 0.5) is 5.69 Å². The van der Waals surface area contributed by atoms with Gasteiger partial charge in [0, 0.05) is 17.0 Å². The first kappa shape index (κ1) is 23.8. The van der Waals surface area contributed by atoms with Gasteiger partial charge in [0.1, 0.15) is 4.90 Å². The molecule has 10 heteroatoms. The van der Waals surface area contributed by atoms with E-state index in [1.54, 1.807) is 12.1 Å². The number of anilines is 1. The summed E-state index contributed by atoms with van der Waals surface area (Å²) >= 11 is 7.70. The Bertz CT molecular complexity index is 1430. The summed E-state index contributed by atoms with van der Waals surface area (Å²) in [5.41, 5.74) is 7.64. The molecule has 3 aromatic rings. The molecule has 1 aromatic heterocycles. The highest BCUT2D eigenvalue weighted by atomic mass is 35.5. The number of rotatable bonds is 4. The van der Waals surface area contributed by atoms with E-state index in [2.05, 4.69) is 17.8 Å². The Kier molecular flexibility index (Phi) is 6.33. The Morgan fingerprint density at radius 2 is 1.80 bits per heavy atom. The summed E-state index contributed by atoms with van der Waals surface area (Å²) in [5.74, 6) is -0.443. The fourth-order valence-electron chi connectivity index (χ4n) is 4.58. The van der Waals surface area contributed by atoms with Crippen molar-refractivity contribution >= 4 is 50.5 Å². The maximum absolute atomic E-state index is 13.4. The van der Waals surface area contributed by atoms with E-state index < -0.39 is 21.8 Å². The van der Waals surface area contributed by atoms with E-state index in [9.17, 15) is 18.0 Å². The first-order valence-electron chi connectivity index (χ1n) is 11.4. The van der Waals surface area contributed by atoms with Crippen molar-refractivity contribution in [2.24, 2.45) is 5.92 Å². The van der Waals surface area contributed by atoms with Crippen LogP contribution in [0.1, 0.15) is 49.4 Å². The van der Waals surface area contributed by atoms with Crippen molar-refractivity contribution < 1.29 is 18.0 Å². The van der Waals surface area contributed by atoms with E-state index in [1.165, 1.54) is 44.3 Å². The summed E-state index contributed by atoms with van der Waals surface area (Å²) in [6.45, 7) is 2.50. The normalized spacial score (nSPS) is 17.0. The number of hydrogen-bond acceptors (Lipinski definition) is 5. The second-order valence-electron chi connectivity index (χ2n) is 8.92. The van der Waals surface area contributed by atoms with Crippen LogP contribution in [-0.4, -0.2) is 26.8 Å². The monoisotopic (exact) mass is 529 g/mol. The SMILES string of the molecule is CC1CCc2sc(C(=O)NNC(=O)c3ccc(Cl)c(S(=O)(=O)N4CCc5ccccc54)c3)cc2C1. The van der Waals surface area contributed by atoms with Crippen molar-refractivity contribution in [1.29, 1.82) is 0 Å². The van der Waals surface area contributed by atoms with Crippen molar-refractivity contribution in [2.45, 2.75) is 37.5 Å². The van der Waals surface area contributed by atoms with Gasteiger partial charge in [0.25, 0.3) is 21.8 Å². The second kappa shape index (κ2) is 9.29. The lowest BCUT2D eigenvalue weighted by atomic mass is 9.90. The zero-order chi connectivity index (χ0) is 24.7. The van der Waals surface area contributed by atoms with Gasteiger partial charge in [-0.1, -0.05) is 36.7 Å². The lowest BCUT2D eigenvalue weighted by Crippen LogP contribution is -2.41. The lowest BCUT2D eigenvalue weighted by Gasteiger charge is -2.20. The third-order valence-electron chi connectivity index (χ3n) is 6.45. The van der Waals surface area contributed by atoms with E-state index in [0.717, 1.165) is 24.8 Å². The van der Waals surface area contributed by atoms with E-state index >= 15 is 0 Å². The van der Waals surface area contributed by atoms with Gasteiger partial charge < -0.3 is 0 Å². The largest absolute Gasteiger partial charge is 0.279 e. The predicted octanol–water partition coefficient (Wildman–Crippen LogP) is 4.35. The average molecular weight is 530 g/mol. The van der Waals surface area contributed by atoms with Gasteiger partial charge in [0.05, 0.1) is 15.6 Å². The van der Waals surface area contributed by atoms with Crippen molar-refractivity contribution in [1.82, 2.24) is 10.9 Å². The third kappa shape index (κ3) is 4.55. The number of fused-ring (bicyclic) bond motifs is 2. The summed E-state index contributed by atoms with van der Waals surface area (Å²) in [7, 11) is -3.98. The Morgan fingerprint density at radius 1 is 1.03 bits per heavy atom. The van der Waals surface area contributed by atoms with Crippen molar-refractivity contribution in [3.63, 3.8) is 0 Å². The van der Waals surface area contributed by atoms with Gasteiger partial charge in [0.2, 0.25) is 0 Å². The second-order valence-corrected chi connectivity index (χ2v) is 12.3. The van der Waals surface area contributed by atoms with Gasteiger partial charge in [-0.15, -0.1) is 11.3 Å². The number of carbonyl (C=O) groups is 2. The number of para-hydroxylation sites is 1. The molecule has 2 amide bonds. The van der Waals surface area contributed by atoms with Crippen LogP contribution < -0.4 is 15.2 Å². The first-order valence-corrected chi connectivity index (χ1v) is 14.0. The molecule has 5 rings (SSSR count). The fourth-order valence-corrected chi connectivity index (χ4v) is 7.69. The van der Waals surface area contributed by atoms with E-state index in [0.29, 0.717) is 29.4 Å². The van der Waals surface area contributed by atoms with Crippen LogP contribution in [0.5, 0.6) is 0 Å². The minimum atomic E-state index is -3.98. The molecule has 0 bridgehead atoms. The molecule has 0 saturated carbocycles. The number of hydrazine groups is 1. The topological polar surface area (TPSA) is 95.6 Å². The van der Waals surface area contributed by atoms with Crippen LogP contribution in [0.2, 0.25) is 5.02 Å². The van der Waals surface area contributed by atoms with E-state index in [4.69, 9.17) is 11.6 Å². The predicted molar refractivity (Wildman–Crippen MR) is 137 cm³/mol. The highest BCUT2D eigenvalue weighted by molar-refractivity contribution is 7.93. The van der Waals surface area contributed by atoms with Crippen molar-refractivity contribution in [3.8, 4) is 0 Å². The highest BCUT2D eigenvalue weighted by Crippen LogP contribution is 2.35. The summed E-state index contributed by atoms with van der Waals surface area (Å²) < 4.78 is 28.1. The van der Waals surface area contributed by atoms with Crippen LogP contribution in [-0.2, 0) is 29.3 Å². The number of benzene rings is 2. The first-order chi connectivity index (χ1) is 16.7. The van der Waals surface area contributed by atoms with E-state index in [1.807, 2.05) is 18.2 Å².